The molecule has 1 amide bonds. The quantitative estimate of drug-likeness (QED) is 0.701. The number of rotatable bonds is 7. The molecule has 1 heterocycles. The van der Waals surface area contributed by atoms with Gasteiger partial charge in [0.2, 0.25) is 5.91 Å². The second-order valence-corrected chi connectivity index (χ2v) is 7.48. The molecule has 2 aromatic rings. The number of nitrogens with zero attached hydrogens (tertiary/aromatic N) is 2. The van der Waals surface area contributed by atoms with Crippen molar-refractivity contribution in [2.24, 2.45) is 11.1 Å². The van der Waals surface area contributed by atoms with Gasteiger partial charge < -0.3 is 9.74 Å². The summed E-state index contributed by atoms with van der Waals surface area (Å²) in [5.41, 5.74) is 2.20. The lowest BCUT2D eigenvalue weighted by molar-refractivity contribution is -0.134. The van der Waals surface area contributed by atoms with E-state index in [4.69, 9.17) is 4.84 Å². The summed E-state index contributed by atoms with van der Waals surface area (Å²) in [5.74, 6) is -0.390. The van der Waals surface area contributed by atoms with Gasteiger partial charge in [0.05, 0.1) is 12.3 Å². The van der Waals surface area contributed by atoms with Gasteiger partial charge in [-0.25, -0.2) is 8.78 Å². The Labute approximate surface area is 163 Å². The van der Waals surface area contributed by atoms with Gasteiger partial charge in [-0.1, -0.05) is 43.3 Å². The van der Waals surface area contributed by atoms with Crippen molar-refractivity contribution >= 4 is 11.6 Å². The summed E-state index contributed by atoms with van der Waals surface area (Å²) in [6.45, 7) is 4.72. The van der Waals surface area contributed by atoms with Crippen molar-refractivity contribution in [1.29, 1.82) is 0 Å². The third-order valence-electron chi connectivity index (χ3n) is 4.54. The highest BCUT2D eigenvalue weighted by Gasteiger charge is 2.27. The van der Waals surface area contributed by atoms with Crippen LogP contribution in [0.25, 0.3) is 0 Å². The number of carbonyl (C=O) groups excluding carboxylic acids is 1. The molecule has 1 atom stereocenters. The summed E-state index contributed by atoms with van der Waals surface area (Å²) in [5, 5.41) is 4.08. The topological polar surface area (TPSA) is 41.9 Å². The molecule has 0 bridgehead atoms. The van der Waals surface area contributed by atoms with Gasteiger partial charge in [-0.05, 0) is 35.7 Å². The van der Waals surface area contributed by atoms with Crippen LogP contribution < -0.4 is 0 Å². The van der Waals surface area contributed by atoms with E-state index in [1.807, 2.05) is 13.8 Å². The monoisotopic (exact) mass is 386 g/mol. The largest absolute Gasteiger partial charge is 0.390 e. The van der Waals surface area contributed by atoms with Crippen molar-refractivity contribution in [3.63, 3.8) is 0 Å². The Hall–Kier alpha value is -2.76. The molecule has 1 aliphatic heterocycles. The second kappa shape index (κ2) is 8.95. The molecule has 0 unspecified atom stereocenters. The lowest BCUT2D eigenvalue weighted by Crippen LogP contribution is -2.37. The van der Waals surface area contributed by atoms with Crippen molar-refractivity contribution < 1.29 is 18.4 Å². The van der Waals surface area contributed by atoms with Gasteiger partial charge in [0.15, 0.2) is 6.10 Å². The van der Waals surface area contributed by atoms with Gasteiger partial charge in [0, 0.05) is 24.9 Å². The molecule has 0 aromatic heterocycles. The van der Waals surface area contributed by atoms with Gasteiger partial charge in [0.1, 0.15) is 11.6 Å². The lowest BCUT2D eigenvalue weighted by Gasteiger charge is -2.26. The molecular weight excluding hydrogens is 362 g/mol. The number of oxime groups is 1. The zero-order valence-corrected chi connectivity index (χ0v) is 16.1. The summed E-state index contributed by atoms with van der Waals surface area (Å²) < 4.78 is 26.6. The Morgan fingerprint density at radius 1 is 1.18 bits per heavy atom. The van der Waals surface area contributed by atoms with E-state index in [1.54, 1.807) is 29.2 Å². The average Bonchev–Trinajstić information content (AvgIpc) is 3.11. The predicted octanol–water partition coefficient (Wildman–Crippen LogP) is 4.53. The van der Waals surface area contributed by atoms with Gasteiger partial charge in [-0.2, -0.15) is 0 Å². The number of hydrogen-bond donors (Lipinski definition) is 0. The highest BCUT2D eigenvalue weighted by atomic mass is 19.1. The molecular formula is C22H24F2N2O2. The molecule has 4 nitrogen and oxygen atoms in total. The number of hydrogen-bond acceptors (Lipinski definition) is 3. The first-order valence-corrected chi connectivity index (χ1v) is 9.41. The highest BCUT2D eigenvalue weighted by Crippen LogP contribution is 2.20. The Balaban J connectivity index is 1.67. The molecule has 0 saturated heterocycles. The predicted molar refractivity (Wildman–Crippen MR) is 104 cm³/mol. The molecule has 148 valence electrons. The third kappa shape index (κ3) is 5.38. The van der Waals surface area contributed by atoms with E-state index in [0.29, 0.717) is 37.2 Å². The second-order valence-electron chi connectivity index (χ2n) is 7.48. The van der Waals surface area contributed by atoms with Crippen LogP contribution in [0.4, 0.5) is 8.78 Å². The van der Waals surface area contributed by atoms with E-state index in [9.17, 15) is 13.6 Å². The number of amides is 1. The average molecular weight is 386 g/mol. The van der Waals surface area contributed by atoms with Gasteiger partial charge in [-0.15, -0.1) is 0 Å². The molecule has 0 fully saturated rings. The molecule has 3 rings (SSSR count). The molecule has 0 aliphatic carbocycles. The molecule has 0 saturated carbocycles. The van der Waals surface area contributed by atoms with E-state index in [-0.39, 0.29) is 29.6 Å². The Morgan fingerprint density at radius 3 is 2.61 bits per heavy atom. The van der Waals surface area contributed by atoms with Crippen LogP contribution in [0, 0.1) is 17.6 Å². The Morgan fingerprint density at radius 2 is 1.93 bits per heavy atom. The van der Waals surface area contributed by atoms with Crippen molar-refractivity contribution in [1.82, 2.24) is 4.90 Å². The van der Waals surface area contributed by atoms with Crippen LogP contribution >= 0.6 is 0 Å². The van der Waals surface area contributed by atoms with Crippen LogP contribution in [0.2, 0.25) is 0 Å². The van der Waals surface area contributed by atoms with Gasteiger partial charge in [-0.3, -0.25) is 4.79 Å². The summed E-state index contributed by atoms with van der Waals surface area (Å²) in [4.78, 5) is 20.0. The van der Waals surface area contributed by atoms with Crippen LogP contribution in [0.3, 0.4) is 0 Å². The zero-order valence-electron chi connectivity index (χ0n) is 16.1. The number of benzene rings is 2. The van der Waals surface area contributed by atoms with Crippen molar-refractivity contribution in [2.75, 3.05) is 6.54 Å². The maximum absolute atomic E-state index is 13.5. The number of halogens is 2. The maximum atomic E-state index is 13.5. The zero-order chi connectivity index (χ0) is 20.1. The lowest BCUT2D eigenvalue weighted by atomic mass is 10.0. The minimum atomic E-state index is -0.325. The summed E-state index contributed by atoms with van der Waals surface area (Å²) in [7, 11) is 0. The maximum Gasteiger partial charge on any atom is 0.223 e. The van der Waals surface area contributed by atoms with Crippen LogP contribution in [-0.4, -0.2) is 29.2 Å². The van der Waals surface area contributed by atoms with Crippen molar-refractivity contribution in [3.8, 4) is 0 Å². The molecule has 0 radical (unpaired) electrons. The van der Waals surface area contributed by atoms with E-state index < -0.39 is 0 Å². The SMILES string of the molecule is CC(C)CC(=O)N(Cc1ccc(F)cc1)C[C@@H]1CC(c2cccc(F)c2)=NO1. The van der Waals surface area contributed by atoms with E-state index >= 15 is 0 Å². The molecule has 2 aromatic carbocycles. The normalized spacial score (nSPS) is 16.0. The third-order valence-corrected chi connectivity index (χ3v) is 4.54. The standard InChI is InChI=1S/C22H24F2N2O2/c1-15(2)10-22(27)26(13-16-6-8-18(23)9-7-16)14-20-12-21(25-28-20)17-4-3-5-19(24)11-17/h3-9,11,15,20H,10,12-14H2,1-2H3/t20-/m0/s1. The fraction of sp³-hybridized carbons (Fsp3) is 0.364. The van der Waals surface area contributed by atoms with E-state index in [1.165, 1.54) is 24.3 Å². The Bertz CT molecular complexity index is 850. The fourth-order valence-corrected chi connectivity index (χ4v) is 3.15. The van der Waals surface area contributed by atoms with Crippen LogP contribution in [-0.2, 0) is 16.2 Å². The van der Waals surface area contributed by atoms with Crippen molar-refractivity contribution in [2.45, 2.75) is 39.3 Å². The minimum Gasteiger partial charge on any atom is -0.390 e. The molecule has 1 aliphatic rings. The molecule has 28 heavy (non-hydrogen) atoms. The smallest absolute Gasteiger partial charge is 0.223 e. The van der Waals surface area contributed by atoms with E-state index in [2.05, 4.69) is 5.16 Å². The number of carbonyl (C=O) groups is 1. The first kappa shape index (κ1) is 20.0. The first-order valence-electron chi connectivity index (χ1n) is 9.41. The summed E-state index contributed by atoms with van der Waals surface area (Å²) in [6, 6.07) is 12.3. The minimum absolute atomic E-state index is 0.0159. The molecule has 0 N–H and O–H groups in total. The molecule has 6 heteroatoms. The van der Waals surface area contributed by atoms with Gasteiger partial charge >= 0.3 is 0 Å². The fourth-order valence-electron chi connectivity index (χ4n) is 3.15. The first-order chi connectivity index (χ1) is 13.4. The van der Waals surface area contributed by atoms with Crippen LogP contribution in [0.1, 0.15) is 37.8 Å². The van der Waals surface area contributed by atoms with Crippen LogP contribution in [0.15, 0.2) is 53.7 Å². The summed E-state index contributed by atoms with van der Waals surface area (Å²) >= 11 is 0. The van der Waals surface area contributed by atoms with Crippen LogP contribution in [0.5, 0.6) is 0 Å². The Kier molecular flexibility index (Phi) is 6.39. The molecule has 0 spiro atoms. The van der Waals surface area contributed by atoms with E-state index in [0.717, 1.165) is 5.56 Å². The van der Waals surface area contributed by atoms with Crippen molar-refractivity contribution in [3.05, 3.63) is 71.3 Å². The van der Waals surface area contributed by atoms with Gasteiger partial charge in [0.25, 0.3) is 0 Å². The summed E-state index contributed by atoms with van der Waals surface area (Å²) in [6.07, 6.45) is 0.624. The highest BCUT2D eigenvalue weighted by molar-refractivity contribution is 6.01.